The molecule has 2 amide bonds. The summed E-state index contributed by atoms with van der Waals surface area (Å²) in [6.07, 6.45) is 1.65. The number of amides is 2. The lowest BCUT2D eigenvalue weighted by molar-refractivity contribution is -0.136. The van der Waals surface area contributed by atoms with Gasteiger partial charge in [-0.3, -0.25) is 9.59 Å². The molecule has 5 nitrogen and oxygen atoms in total. The Morgan fingerprint density at radius 1 is 1.12 bits per heavy atom. The fourth-order valence-corrected chi connectivity index (χ4v) is 2.06. The molecule has 0 radical (unpaired) electrons. The van der Waals surface area contributed by atoms with Gasteiger partial charge in [-0.1, -0.05) is 42.5 Å². The SMILES string of the molecule is C=CCOc1ccc(NC(=O)C(=O)NCc2cccc(C)c2)cc1. The van der Waals surface area contributed by atoms with Gasteiger partial charge in [0.25, 0.3) is 0 Å². The van der Waals surface area contributed by atoms with E-state index in [9.17, 15) is 9.59 Å². The minimum Gasteiger partial charge on any atom is -0.490 e. The summed E-state index contributed by atoms with van der Waals surface area (Å²) in [5.74, 6) is -0.720. The number of rotatable bonds is 6. The topological polar surface area (TPSA) is 67.4 Å². The maximum absolute atomic E-state index is 11.9. The van der Waals surface area contributed by atoms with Gasteiger partial charge in [-0.2, -0.15) is 0 Å². The van der Waals surface area contributed by atoms with Crippen LogP contribution >= 0.6 is 0 Å². The number of carbonyl (C=O) groups excluding carboxylic acids is 2. The number of nitrogens with one attached hydrogen (secondary N) is 2. The predicted octanol–water partition coefficient (Wildman–Crippen LogP) is 2.81. The van der Waals surface area contributed by atoms with Crippen molar-refractivity contribution in [2.45, 2.75) is 13.5 Å². The molecule has 0 aliphatic rings. The van der Waals surface area contributed by atoms with E-state index < -0.39 is 11.8 Å². The average molecular weight is 324 g/mol. The van der Waals surface area contributed by atoms with Gasteiger partial charge in [-0.15, -0.1) is 0 Å². The van der Waals surface area contributed by atoms with E-state index in [0.29, 0.717) is 24.6 Å². The highest BCUT2D eigenvalue weighted by Gasteiger charge is 2.13. The highest BCUT2D eigenvalue weighted by atomic mass is 16.5. The molecule has 0 aromatic heterocycles. The van der Waals surface area contributed by atoms with E-state index in [2.05, 4.69) is 17.2 Å². The van der Waals surface area contributed by atoms with Gasteiger partial charge in [0.2, 0.25) is 0 Å². The Morgan fingerprint density at radius 2 is 1.88 bits per heavy atom. The lowest BCUT2D eigenvalue weighted by atomic mass is 10.1. The maximum Gasteiger partial charge on any atom is 0.313 e. The van der Waals surface area contributed by atoms with Crippen molar-refractivity contribution in [3.8, 4) is 5.75 Å². The summed E-state index contributed by atoms with van der Waals surface area (Å²) >= 11 is 0. The van der Waals surface area contributed by atoms with Gasteiger partial charge in [-0.25, -0.2) is 0 Å². The van der Waals surface area contributed by atoms with Crippen molar-refractivity contribution in [2.75, 3.05) is 11.9 Å². The summed E-state index contributed by atoms with van der Waals surface area (Å²) in [4.78, 5) is 23.7. The minimum absolute atomic E-state index is 0.308. The van der Waals surface area contributed by atoms with Crippen LogP contribution in [0.4, 0.5) is 5.69 Å². The first-order valence-corrected chi connectivity index (χ1v) is 7.57. The lowest BCUT2D eigenvalue weighted by Gasteiger charge is -2.08. The van der Waals surface area contributed by atoms with Gasteiger partial charge in [0.05, 0.1) is 0 Å². The summed E-state index contributed by atoms with van der Waals surface area (Å²) < 4.78 is 5.35. The lowest BCUT2D eigenvalue weighted by Crippen LogP contribution is -2.34. The van der Waals surface area contributed by atoms with E-state index >= 15 is 0 Å². The fraction of sp³-hybridized carbons (Fsp3) is 0.158. The number of benzene rings is 2. The molecule has 0 atom stereocenters. The predicted molar refractivity (Wildman–Crippen MR) is 93.8 cm³/mol. The second-order valence-corrected chi connectivity index (χ2v) is 5.25. The quantitative estimate of drug-likeness (QED) is 0.634. The summed E-state index contributed by atoms with van der Waals surface area (Å²) in [5, 5.41) is 5.14. The number of hydrogen-bond donors (Lipinski definition) is 2. The molecule has 2 aromatic carbocycles. The molecule has 5 heteroatoms. The molecular formula is C19H20N2O3. The van der Waals surface area contributed by atoms with Crippen LogP contribution in [0.25, 0.3) is 0 Å². The molecule has 0 bridgehead atoms. The monoisotopic (exact) mass is 324 g/mol. The van der Waals surface area contributed by atoms with Crippen molar-refractivity contribution in [3.63, 3.8) is 0 Å². The van der Waals surface area contributed by atoms with E-state index in [4.69, 9.17) is 4.74 Å². The second-order valence-electron chi connectivity index (χ2n) is 5.25. The molecule has 0 fully saturated rings. The Hall–Kier alpha value is -3.08. The average Bonchev–Trinajstić information content (AvgIpc) is 2.59. The number of aryl methyl sites for hydroxylation is 1. The van der Waals surface area contributed by atoms with Crippen LogP contribution in [-0.4, -0.2) is 18.4 Å². The zero-order valence-electron chi connectivity index (χ0n) is 13.5. The highest BCUT2D eigenvalue weighted by Crippen LogP contribution is 2.15. The molecule has 0 saturated carbocycles. The van der Waals surface area contributed by atoms with Crippen LogP contribution in [0.5, 0.6) is 5.75 Å². The molecule has 124 valence electrons. The maximum atomic E-state index is 11.9. The van der Waals surface area contributed by atoms with Crippen molar-refractivity contribution in [3.05, 3.63) is 72.3 Å². The number of hydrogen-bond acceptors (Lipinski definition) is 3. The summed E-state index contributed by atoms with van der Waals surface area (Å²) in [6, 6.07) is 14.5. The molecule has 0 spiro atoms. The van der Waals surface area contributed by atoms with Gasteiger partial charge >= 0.3 is 11.8 Å². The smallest absolute Gasteiger partial charge is 0.313 e. The second kappa shape index (κ2) is 8.53. The molecule has 2 aromatic rings. The molecular weight excluding hydrogens is 304 g/mol. The van der Waals surface area contributed by atoms with Crippen molar-refractivity contribution < 1.29 is 14.3 Å². The van der Waals surface area contributed by atoms with Gasteiger partial charge < -0.3 is 15.4 Å². The largest absolute Gasteiger partial charge is 0.490 e. The van der Waals surface area contributed by atoms with Crippen LogP contribution in [-0.2, 0) is 16.1 Å². The molecule has 0 heterocycles. The molecule has 24 heavy (non-hydrogen) atoms. The van der Waals surface area contributed by atoms with E-state index in [1.807, 2.05) is 31.2 Å². The molecule has 2 N–H and O–H groups in total. The Bertz CT molecular complexity index is 724. The minimum atomic E-state index is -0.706. The Morgan fingerprint density at radius 3 is 2.54 bits per heavy atom. The first-order chi connectivity index (χ1) is 11.6. The van der Waals surface area contributed by atoms with Crippen LogP contribution < -0.4 is 15.4 Å². The molecule has 0 aliphatic heterocycles. The van der Waals surface area contributed by atoms with Gasteiger partial charge in [-0.05, 0) is 36.8 Å². The third-order valence-corrected chi connectivity index (χ3v) is 3.22. The third kappa shape index (κ3) is 5.28. The summed E-state index contributed by atoms with van der Waals surface area (Å²) in [6.45, 7) is 6.26. The van der Waals surface area contributed by atoms with Crippen LogP contribution in [0.2, 0.25) is 0 Å². The van der Waals surface area contributed by atoms with E-state index in [1.165, 1.54) is 0 Å². The van der Waals surface area contributed by atoms with Crippen molar-refractivity contribution in [2.24, 2.45) is 0 Å². The standard InChI is InChI=1S/C19H20N2O3/c1-3-11-24-17-9-7-16(8-10-17)21-19(23)18(22)20-13-15-6-4-5-14(2)12-15/h3-10,12H,1,11,13H2,2H3,(H,20,22)(H,21,23). The highest BCUT2D eigenvalue weighted by molar-refractivity contribution is 6.39. The zero-order chi connectivity index (χ0) is 17.4. The van der Waals surface area contributed by atoms with E-state index in [-0.39, 0.29) is 0 Å². The number of anilines is 1. The van der Waals surface area contributed by atoms with E-state index in [1.54, 1.807) is 30.3 Å². The summed E-state index contributed by atoms with van der Waals surface area (Å²) in [5.41, 5.74) is 2.57. The Balaban J connectivity index is 1.84. The Labute approximate surface area is 141 Å². The molecule has 0 aliphatic carbocycles. The molecule has 2 rings (SSSR count). The van der Waals surface area contributed by atoms with Crippen molar-refractivity contribution in [1.29, 1.82) is 0 Å². The van der Waals surface area contributed by atoms with Crippen molar-refractivity contribution in [1.82, 2.24) is 5.32 Å². The zero-order valence-corrected chi connectivity index (χ0v) is 13.5. The summed E-state index contributed by atoms with van der Waals surface area (Å²) in [7, 11) is 0. The Kier molecular flexibility index (Phi) is 6.14. The van der Waals surface area contributed by atoms with Crippen LogP contribution in [0.3, 0.4) is 0 Å². The van der Waals surface area contributed by atoms with Crippen LogP contribution in [0, 0.1) is 6.92 Å². The number of carbonyl (C=O) groups is 2. The van der Waals surface area contributed by atoms with E-state index in [0.717, 1.165) is 11.1 Å². The first-order valence-electron chi connectivity index (χ1n) is 7.57. The third-order valence-electron chi connectivity index (χ3n) is 3.22. The molecule has 0 saturated heterocycles. The van der Waals surface area contributed by atoms with Crippen molar-refractivity contribution >= 4 is 17.5 Å². The number of ether oxygens (including phenoxy) is 1. The normalized spacial score (nSPS) is 9.88. The van der Waals surface area contributed by atoms with Crippen LogP contribution in [0.15, 0.2) is 61.2 Å². The molecule has 0 unspecified atom stereocenters. The fourth-order valence-electron chi connectivity index (χ4n) is 2.06. The van der Waals surface area contributed by atoms with Gasteiger partial charge in [0, 0.05) is 12.2 Å². The first kappa shape index (κ1) is 17.3. The van der Waals surface area contributed by atoms with Crippen LogP contribution in [0.1, 0.15) is 11.1 Å². The van der Waals surface area contributed by atoms with Gasteiger partial charge in [0.15, 0.2) is 0 Å². The van der Waals surface area contributed by atoms with Gasteiger partial charge in [0.1, 0.15) is 12.4 Å².